The van der Waals surface area contributed by atoms with Gasteiger partial charge in [0.1, 0.15) is 0 Å². The van der Waals surface area contributed by atoms with Gasteiger partial charge in [-0.15, -0.1) is 11.6 Å². The Morgan fingerprint density at radius 2 is 2.11 bits per heavy atom. The molecule has 0 unspecified atom stereocenters. The van der Waals surface area contributed by atoms with Gasteiger partial charge < -0.3 is 0 Å². The summed E-state index contributed by atoms with van der Waals surface area (Å²) in [5.74, 6) is 1.61. The first-order valence-electron chi connectivity index (χ1n) is 3.65. The fourth-order valence-corrected chi connectivity index (χ4v) is 0.827. The van der Waals surface area contributed by atoms with Crippen molar-refractivity contribution in [3.8, 4) is 0 Å². The highest BCUT2D eigenvalue weighted by Crippen LogP contribution is 2.06. The van der Waals surface area contributed by atoms with E-state index in [4.69, 9.17) is 11.6 Å². The largest absolute Gasteiger partial charge is 0.127 e. The van der Waals surface area contributed by atoms with Crippen molar-refractivity contribution in [1.29, 1.82) is 0 Å². The first-order chi connectivity index (χ1) is 4.27. The average Bonchev–Trinajstić information content (AvgIpc) is 1.80. The molecule has 0 aromatic rings. The molecule has 0 N–H and O–H groups in total. The third kappa shape index (κ3) is 8.29. The van der Waals surface area contributed by atoms with E-state index in [1.807, 2.05) is 0 Å². The number of hydrogen-bond acceptors (Lipinski definition) is 0. The third-order valence-corrected chi connectivity index (χ3v) is 1.45. The molecule has 0 aromatic heterocycles. The fourth-order valence-electron chi connectivity index (χ4n) is 0.673. The van der Waals surface area contributed by atoms with Crippen molar-refractivity contribution in [3.63, 3.8) is 0 Å². The molecule has 0 heterocycles. The van der Waals surface area contributed by atoms with Crippen LogP contribution in [0.5, 0.6) is 0 Å². The molecule has 1 radical (unpaired) electrons. The predicted molar refractivity (Wildman–Crippen MR) is 43.7 cm³/mol. The zero-order chi connectivity index (χ0) is 7.11. The molecule has 0 aliphatic heterocycles. The molecule has 0 amide bonds. The minimum atomic E-state index is 0.800. The van der Waals surface area contributed by atoms with Crippen LogP contribution in [0.1, 0.15) is 33.1 Å². The van der Waals surface area contributed by atoms with Gasteiger partial charge in [-0.3, -0.25) is 0 Å². The topological polar surface area (TPSA) is 0 Å². The number of halogens is 1. The summed E-state index contributed by atoms with van der Waals surface area (Å²) in [7, 11) is 0. The Balaban J connectivity index is 2.75. The number of alkyl halides is 1. The van der Waals surface area contributed by atoms with E-state index in [0.29, 0.717) is 0 Å². The Kier molecular flexibility index (Phi) is 6.62. The summed E-state index contributed by atoms with van der Waals surface area (Å²) in [5.41, 5.74) is 0. The summed E-state index contributed by atoms with van der Waals surface area (Å²) in [6, 6.07) is 0. The summed E-state index contributed by atoms with van der Waals surface area (Å²) in [6.45, 7) is 4.47. The summed E-state index contributed by atoms with van der Waals surface area (Å²) >= 11 is 5.50. The minimum absolute atomic E-state index is 0.800. The van der Waals surface area contributed by atoms with E-state index < -0.39 is 0 Å². The Morgan fingerprint density at radius 1 is 1.44 bits per heavy atom. The van der Waals surface area contributed by atoms with Crippen molar-refractivity contribution in [2.75, 3.05) is 5.88 Å². The highest BCUT2D eigenvalue weighted by molar-refractivity contribution is 6.17. The highest BCUT2D eigenvalue weighted by atomic mass is 35.5. The third-order valence-electron chi connectivity index (χ3n) is 1.18. The Morgan fingerprint density at radius 3 is 2.56 bits per heavy atom. The number of rotatable bonds is 5. The first-order valence-corrected chi connectivity index (χ1v) is 4.18. The standard InChI is InChI=1S/C8H16Cl/c1-8(2)6-4-3-5-7-9/h4,8H,3,5-7H2,1-2H3. The van der Waals surface area contributed by atoms with Gasteiger partial charge in [0.15, 0.2) is 0 Å². The second-order valence-electron chi connectivity index (χ2n) is 2.75. The van der Waals surface area contributed by atoms with Crippen LogP contribution in [0.2, 0.25) is 0 Å². The van der Waals surface area contributed by atoms with Gasteiger partial charge in [-0.25, -0.2) is 0 Å². The molecule has 55 valence electrons. The van der Waals surface area contributed by atoms with Gasteiger partial charge in [0.2, 0.25) is 0 Å². The van der Waals surface area contributed by atoms with Crippen molar-refractivity contribution in [1.82, 2.24) is 0 Å². The molecule has 0 nitrogen and oxygen atoms in total. The van der Waals surface area contributed by atoms with Gasteiger partial charge in [0, 0.05) is 5.88 Å². The molecule has 0 aliphatic carbocycles. The van der Waals surface area contributed by atoms with Crippen LogP contribution in [0, 0.1) is 12.3 Å². The molecule has 0 atom stereocenters. The monoisotopic (exact) mass is 147 g/mol. The average molecular weight is 148 g/mol. The highest BCUT2D eigenvalue weighted by Gasteiger charge is 1.92. The van der Waals surface area contributed by atoms with Gasteiger partial charge in [-0.1, -0.05) is 13.8 Å². The SMILES string of the molecule is CC(C)C[CH]CCCCl. The normalized spacial score (nSPS) is 10.7. The lowest BCUT2D eigenvalue weighted by atomic mass is 10.1. The predicted octanol–water partition coefficient (Wildman–Crippen LogP) is 3.26. The summed E-state index contributed by atoms with van der Waals surface area (Å²) in [6.07, 6.45) is 5.87. The Bertz CT molecular complexity index is 50.5. The maximum Gasteiger partial charge on any atom is 0.0223 e. The van der Waals surface area contributed by atoms with Crippen LogP contribution >= 0.6 is 11.6 Å². The molecular weight excluding hydrogens is 132 g/mol. The van der Waals surface area contributed by atoms with Crippen molar-refractivity contribution in [2.24, 2.45) is 5.92 Å². The van der Waals surface area contributed by atoms with E-state index in [1.165, 1.54) is 12.8 Å². The van der Waals surface area contributed by atoms with Crippen molar-refractivity contribution in [2.45, 2.75) is 33.1 Å². The minimum Gasteiger partial charge on any atom is -0.127 e. The van der Waals surface area contributed by atoms with Crippen LogP contribution in [0.3, 0.4) is 0 Å². The lowest BCUT2D eigenvalue weighted by molar-refractivity contribution is 0.617. The van der Waals surface area contributed by atoms with E-state index in [0.717, 1.165) is 18.2 Å². The van der Waals surface area contributed by atoms with Gasteiger partial charge in [0.05, 0.1) is 0 Å². The molecule has 0 aromatic carbocycles. The zero-order valence-corrected chi connectivity index (χ0v) is 7.12. The molecule has 0 rings (SSSR count). The van der Waals surface area contributed by atoms with E-state index in [2.05, 4.69) is 20.3 Å². The van der Waals surface area contributed by atoms with E-state index in [9.17, 15) is 0 Å². The van der Waals surface area contributed by atoms with Crippen LogP contribution in [-0.2, 0) is 0 Å². The fraction of sp³-hybridized carbons (Fsp3) is 0.875. The maximum atomic E-state index is 5.50. The van der Waals surface area contributed by atoms with Crippen LogP contribution in [0.4, 0.5) is 0 Å². The van der Waals surface area contributed by atoms with Crippen LogP contribution in [0.25, 0.3) is 0 Å². The molecule has 0 spiro atoms. The molecule has 0 aliphatic rings. The molecule has 0 bridgehead atoms. The quantitative estimate of drug-likeness (QED) is 0.414. The Hall–Kier alpha value is 0.290. The van der Waals surface area contributed by atoms with Gasteiger partial charge >= 0.3 is 0 Å². The van der Waals surface area contributed by atoms with Crippen LogP contribution < -0.4 is 0 Å². The number of unbranched alkanes of at least 4 members (excludes halogenated alkanes) is 2. The van der Waals surface area contributed by atoms with Crippen LogP contribution in [0.15, 0.2) is 0 Å². The first kappa shape index (κ1) is 9.29. The lowest BCUT2D eigenvalue weighted by Crippen LogP contribution is -1.87. The van der Waals surface area contributed by atoms with Gasteiger partial charge in [-0.2, -0.15) is 0 Å². The van der Waals surface area contributed by atoms with E-state index >= 15 is 0 Å². The summed E-state index contributed by atoms with van der Waals surface area (Å²) in [4.78, 5) is 0. The molecule has 0 saturated carbocycles. The summed E-state index contributed by atoms with van der Waals surface area (Å²) in [5, 5.41) is 0. The van der Waals surface area contributed by atoms with E-state index in [-0.39, 0.29) is 0 Å². The van der Waals surface area contributed by atoms with Crippen LogP contribution in [-0.4, -0.2) is 5.88 Å². The summed E-state index contributed by atoms with van der Waals surface area (Å²) < 4.78 is 0. The molecule has 9 heavy (non-hydrogen) atoms. The molecular formula is C8H16Cl. The molecule has 1 heteroatoms. The maximum absolute atomic E-state index is 5.50. The van der Waals surface area contributed by atoms with Crippen molar-refractivity contribution < 1.29 is 0 Å². The Labute approximate surface area is 63.6 Å². The number of hydrogen-bond donors (Lipinski definition) is 0. The van der Waals surface area contributed by atoms with Crippen molar-refractivity contribution in [3.05, 3.63) is 6.42 Å². The van der Waals surface area contributed by atoms with Gasteiger partial charge in [-0.05, 0) is 31.6 Å². The van der Waals surface area contributed by atoms with Gasteiger partial charge in [0.25, 0.3) is 0 Å². The molecule has 0 saturated heterocycles. The van der Waals surface area contributed by atoms with Crippen molar-refractivity contribution >= 4 is 11.6 Å². The second-order valence-corrected chi connectivity index (χ2v) is 3.13. The molecule has 0 fully saturated rings. The zero-order valence-electron chi connectivity index (χ0n) is 6.36. The van der Waals surface area contributed by atoms with E-state index in [1.54, 1.807) is 0 Å². The smallest absolute Gasteiger partial charge is 0.0223 e. The lowest BCUT2D eigenvalue weighted by Gasteiger charge is -2.01. The second kappa shape index (κ2) is 6.41.